The third-order valence-electron chi connectivity index (χ3n) is 4.30. The highest BCUT2D eigenvalue weighted by molar-refractivity contribution is 4.58. The standard InChI is InChI=1S/C17H36/c1-5-8-14-17(7-3)15-12-10-9-11-13-16(4)6-2/h16-17H,5-15H2,1-4H3. The Balaban J connectivity index is 3.30. The maximum atomic E-state index is 2.39. The van der Waals surface area contributed by atoms with Gasteiger partial charge in [-0.1, -0.05) is 98.3 Å². The molecule has 0 aromatic heterocycles. The molecule has 0 aromatic carbocycles. The summed E-state index contributed by atoms with van der Waals surface area (Å²) >= 11 is 0. The van der Waals surface area contributed by atoms with Crippen molar-refractivity contribution in [2.75, 3.05) is 0 Å². The lowest BCUT2D eigenvalue weighted by Gasteiger charge is -2.14. The minimum absolute atomic E-state index is 0.947. The molecule has 0 aromatic rings. The van der Waals surface area contributed by atoms with E-state index in [1.807, 2.05) is 0 Å². The van der Waals surface area contributed by atoms with Crippen LogP contribution in [0.3, 0.4) is 0 Å². The van der Waals surface area contributed by atoms with Crippen LogP contribution in [0.1, 0.15) is 98.3 Å². The van der Waals surface area contributed by atoms with Crippen molar-refractivity contribution >= 4 is 0 Å². The summed E-state index contributed by atoms with van der Waals surface area (Å²) in [5.41, 5.74) is 0. The van der Waals surface area contributed by atoms with Crippen LogP contribution in [0.4, 0.5) is 0 Å². The summed E-state index contributed by atoms with van der Waals surface area (Å²) in [4.78, 5) is 0. The summed E-state index contributed by atoms with van der Waals surface area (Å²) in [7, 11) is 0. The molecule has 0 aliphatic carbocycles. The second-order valence-electron chi connectivity index (χ2n) is 5.92. The van der Waals surface area contributed by atoms with Crippen LogP contribution in [-0.4, -0.2) is 0 Å². The second kappa shape index (κ2) is 12.5. The van der Waals surface area contributed by atoms with Crippen LogP contribution in [0, 0.1) is 11.8 Å². The molecule has 0 saturated carbocycles. The Hall–Kier alpha value is 0. The molecule has 0 heteroatoms. The van der Waals surface area contributed by atoms with Gasteiger partial charge in [-0.15, -0.1) is 0 Å². The number of hydrogen-bond acceptors (Lipinski definition) is 0. The zero-order valence-electron chi connectivity index (χ0n) is 12.9. The van der Waals surface area contributed by atoms with Crippen molar-refractivity contribution in [3.8, 4) is 0 Å². The van der Waals surface area contributed by atoms with E-state index in [1.165, 1.54) is 70.6 Å². The first-order chi connectivity index (χ1) is 8.24. The van der Waals surface area contributed by atoms with Gasteiger partial charge in [0.05, 0.1) is 0 Å². The van der Waals surface area contributed by atoms with Gasteiger partial charge in [0.25, 0.3) is 0 Å². The molecule has 104 valence electrons. The van der Waals surface area contributed by atoms with Crippen molar-refractivity contribution in [2.24, 2.45) is 11.8 Å². The Labute approximate surface area is 111 Å². The van der Waals surface area contributed by atoms with Crippen LogP contribution >= 0.6 is 0 Å². The number of hydrogen-bond donors (Lipinski definition) is 0. The van der Waals surface area contributed by atoms with Gasteiger partial charge in [-0.2, -0.15) is 0 Å². The highest BCUT2D eigenvalue weighted by Gasteiger charge is 2.05. The summed E-state index contributed by atoms with van der Waals surface area (Å²) < 4.78 is 0. The average Bonchev–Trinajstić information content (AvgIpc) is 2.36. The highest BCUT2D eigenvalue weighted by atomic mass is 14.1. The van der Waals surface area contributed by atoms with Gasteiger partial charge in [0.1, 0.15) is 0 Å². The molecule has 0 amide bonds. The molecule has 0 N–H and O–H groups in total. The lowest BCUT2D eigenvalue weighted by Crippen LogP contribution is -1.99. The molecule has 0 radical (unpaired) electrons. The smallest absolute Gasteiger partial charge is 0.0417 e. The monoisotopic (exact) mass is 240 g/mol. The van der Waals surface area contributed by atoms with Gasteiger partial charge >= 0.3 is 0 Å². The van der Waals surface area contributed by atoms with E-state index in [0.717, 1.165) is 11.8 Å². The maximum absolute atomic E-state index is 2.39. The van der Waals surface area contributed by atoms with Crippen LogP contribution in [0.25, 0.3) is 0 Å². The van der Waals surface area contributed by atoms with Gasteiger partial charge in [-0.05, 0) is 11.8 Å². The van der Waals surface area contributed by atoms with Crippen molar-refractivity contribution in [2.45, 2.75) is 98.3 Å². The minimum Gasteiger partial charge on any atom is -0.0654 e. The summed E-state index contributed by atoms with van der Waals surface area (Å²) in [6.45, 7) is 9.37. The molecule has 2 atom stereocenters. The summed E-state index contributed by atoms with van der Waals surface area (Å²) in [6, 6.07) is 0. The van der Waals surface area contributed by atoms with E-state index in [9.17, 15) is 0 Å². The Morgan fingerprint density at radius 3 is 1.76 bits per heavy atom. The van der Waals surface area contributed by atoms with E-state index >= 15 is 0 Å². The second-order valence-corrected chi connectivity index (χ2v) is 5.92. The Bertz CT molecular complexity index is 139. The normalized spacial score (nSPS) is 14.8. The maximum Gasteiger partial charge on any atom is -0.0417 e. The zero-order chi connectivity index (χ0) is 12.9. The van der Waals surface area contributed by atoms with E-state index in [1.54, 1.807) is 0 Å². The fourth-order valence-electron chi connectivity index (χ4n) is 2.53. The molecular weight excluding hydrogens is 204 g/mol. The predicted molar refractivity (Wildman–Crippen MR) is 80.5 cm³/mol. The molecule has 0 rings (SSSR count). The van der Waals surface area contributed by atoms with Crippen LogP contribution in [0.15, 0.2) is 0 Å². The number of rotatable bonds is 12. The first-order valence-corrected chi connectivity index (χ1v) is 8.24. The third kappa shape index (κ3) is 10.9. The molecule has 0 aliphatic heterocycles. The molecule has 0 fully saturated rings. The van der Waals surface area contributed by atoms with Crippen LogP contribution < -0.4 is 0 Å². The summed E-state index contributed by atoms with van der Waals surface area (Å²) in [5, 5.41) is 0. The van der Waals surface area contributed by atoms with E-state index in [4.69, 9.17) is 0 Å². The zero-order valence-corrected chi connectivity index (χ0v) is 12.9. The van der Waals surface area contributed by atoms with Crippen molar-refractivity contribution in [3.63, 3.8) is 0 Å². The molecule has 0 aliphatic rings. The largest absolute Gasteiger partial charge is 0.0654 e. The Morgan fingerprint density at radius 1 is 0.647 bits per heavy atom. The van der Waals surface area contributed by atoms with Gasteiger partial charge in [-0.3, -0.25) is 0 Å². The number of unbranched alkanes of at least 4 members (excludes halogenated alkanes) is 4. The molecule has 0 nitrogen and oxygen atoms in total. The average molecular weight is 240 g/mol. The van der Waals surface area contributed by atoms with Crippen LogP contribution in [0.5, 0.6) is 0 Å². The van der Waals surface area contributed by atoms with Gasteiger partial charge in [0, 0.05) is 0 Å². The molecule has 0 bridgehead atoms. The van der Waals surface area contributed by atoms with Crippen molar-refractivity contribution in [1.82, 2.24) is 0 Å². The van der Waals surface area contributed by atoms with Crippen LogP contribution in [-0.2, 0) is 0 Å². The first-order valence-electron chi connectivity index (χ1n) is 8.24. The van der Waals surface area contributed by atoms with Gasteiger partial charge in [0.15, 0.2) is 0 Å². The highest BCUT2D eigenvalue weighted by Crippen LogP contribution is 2.21. The van der Waals surface area contributed by atoms with Crippen molar-refractivity contribution in [1.29, 1.82) is 0 Å². The van der Waals surface area contributed by atoms with Gasteiger partial charge < -0.3 is 0 Å². The molecule has 0 heterocycles. The Kier molecular flexibility index (Phi) is 12.5. The summed E-state index contributed by atoms with van der Waals surface area (Å²) in [6.07, 6.45) is 15.8. The molecule has 17 heavy (non-hydrogen) atoms. The van der Waals surface area contributed by atoms with E-state index < -0.39 is 0 Å². The quantitative estimate of drug-likeness (QED) is 0.338. The molecule has 2 unspecified atom stereocenters. The molecular formula is C17H36. The molecule has 0 spiro atoms. The van der Waals surface area contributed by atoms with Crippen molar-refractivity contribution < 1.29 is 0 Å². The van der Waals surface area contributed by atoms with Gasteiger partial charge in [-0.25, -0.2) is 0 Å². The minimum atomic E-state index is 0.947. The van der Waals surface area contributed by atoms with E-state index in [0.29, 0.717) is 0 Å². The SMILES string of the molecule is CCCCC(CC)CCCCCCC(C)CC. The predicted octanol–water partition coefficient (Wildman–Crippen LogP) is 6.59. The van der Waals surface area contributed by atoms with Crippen LogP contribution in [0.2, 0.25) is 0 Å². The summed E-state index contributed by atoms with van der Waals surface area (Å²) in [5.74, 6) is 1.97. The van der Waals surface area contributed by atoms with Gasteiger partial charge in [0.2, 0.25) is 0 Å². The van der Waals surface area contributed by atoms with Crippen molar-refractivity contribution in [3.05, 3.63) is 0 Å². The lowest BCUT2D eigenvalue weighted by molar-refractivity contribution is 0.395. The fourth-order valence-corrected chi connectivity index (χ4v) is 2.53. The van der Waals surface area contributed by atoms with E-state index in [-0.39, 0.29) is 0 Å². The lowest BCUT2D eigenvalue weighted by atomic mass is 9.92. The van der Waals surface area contributed by atoms with E-state index in [2.05, 4.69) is 27.7 Å². The Morgan fingerprint density at radius 2 is 1.24 bits per heavy atom. The fraction of sp³-hybridized carbons (Fsp3) is 1.00. The third-order valence-corrected chi connectivity index (χ3v) is 4.30. The molecule has 0 saturated heterocycles. The first kappa shape index (κ1) is 17.0. The topological polar surface area (TPSA) is 0 Å².